The Bertz CT molecular complexity index is 989. The molecule has 8 nitrogen and oxygen atoms in total. The van der Waals surface area contributed by atoms with Gasteiger partial charge >= 0.3 is 0 Å². The van der Waals surface area contributed by atoms with Gasteiger partial charge in [0.15, 0.2) is 6.10 Å². The summed E-state index contributed by atoms with van der Waals surface area (Å²) in [7, 11) is -3.74. The number of nitrogens with one attached hydrogen (secondary N) is 1. The van der Waals surface area contributed by atoms with Gasteiger partial charge in [0.25, 0.3) is 5.91 Å². The van der Waals surface area contributed by atoms with E-state index in [1.54, 1.807) is 36.1 Å². The normalized spacial score (nSPS) is 16.3. The van der Waals surface area contributed by atoms with E-state index in [1.807, 2.05) is 12.1 Å². The molecule has 0 saturated carbocycles. The zero-order valence-electron chi connectivity index (χ0n) is 15.3. The first-order chi connectivity index (χ1) is 13.3. The Labute approximate surface area is 163 Å². The number of hydrogen-bond acceptors (Lipinski definition) is 5. The average Bonchev–Trinajstić information content (AvgIpc) is 2.66. The van der Waals surface area contributed by atoms with Crippen LogP contribution in [0.15, 0.2) is 53.4 Å². The molecule has 1 heterocycles. The molecule has 1 aliphatic heterocycles. The SMILES string of the molecule is CC1Oc2ccccc2N(CCC(=O)NCc2ccc(S(N)(=O)=O)cc2)C1=O. The molecule has 0 fully saturated rings. The van der Waals surface area contributed by atoms with E-state index in [1.165, 1.54) is 12.1 Å². The van der Waals surface area contributed by atoms with Crippen molar-refractivity contribution in [2.75, 3.05) is 11.4 Å². The molecule has 2 aromatic carbocycles. The van der Waals surface area contributed by atoms with Gasteiger partial charge in [-0.1, -0.05) is 24.3 Å². The lowest BCUT2D eigenvalue weighted by Crippen LogP contribution is -2.45. The lowest BCUT2D eigenvalue weighted by molar-refractivity contribution is -0.125. The molecule has 0 spiro atoms. The van der Waals surface area contributed by atoms with Crippen molar-refractivity contribution in [1.82, 2.24) is 5.32 Å². The molecule has 9 heteroatoms. The minimum atomic E-state index is -3.74. The maximum atomic E-state index is 12.4. The Hall–Kier alpha value is -2.91. The summed E-state index contributed by atoms with van der Waals surface area (Å²) in [5, 5.41) is 7.81. The topological polar surface area (TPSA) is 119 Å². The van der Waals surface area contributed by atoms with Crippen LogP contribution in [0.2, 0.25) is 0 Å². The summed E-state index contributed by atoms with van der Waals surface area (Å²) in [5.74, 6) is 0.204. The van der Waals surface area contributed by atoms with Crippen molar-refractivity contribution < 1.29 is 22.7 Å². The second-order valence-corrected chi connectivity index (χ2v) is 7.99. The minimum absolute atomic E-state index is 0.0150. The predicted molar refractivity (Wildman–Crippen MR) is 103 cm³/mol. The van der Waals surface area contributed by atoms with Crippen LogP contribution in [0.1, 0.15) is 18.9 Å². The van der Waals surface area contributed by atoms with Crippen LogP contribution >= 0.6 is 0 Å². The van der Waals surface area contributed by atoms with Gasteiger partial charge in [0.1, 0.15) is 5.75 Å². The van der Waals surface area contributed by atoms with Crippen molar-refractivity contribution in [3.8, 4) is 5.75 Å². The summed E-state index contributed by atoms with van der Waals surface area (Å²) in [6.07, 6.45) is -0.475. The highest BCUT2D eigenvalue weighted by Crippen LogP contribution is 2.33. The highest BCUT2D eigenvalue weighted by Gasteiger charge is 2.31. The second kappa shape index (κ2) is 7.99. The summed E-state index contributed by atoms with van der Waals surface area (Å²) in [6, 6.07) is 13.2. The van der Waals surface area contributed by atoms with E-state index in [9.17, 15) is 18.0 Å². The highest BCUT2D eigenvalue weighted by atomic mass is 32.2. The number of benzene rings is 2. The number of fused-ring (bicyclic) bond motifs is 1. The minimum Gasteiger partial charge on any atom is -0.479 e. The van der Waals surface area contributed by atoms with Crippen molar-refractivity contribution in [3.63, 3.8) is 0 Å². The van der Waals surface area contributed by atoms with Crippen LogP contribution in [0.3, 0.4) is 0 Å². The van der Waals surface area contributed by atoms with Crippen LogP contribution < -0.4 is 20.1 Å². The average molecular weight is 403 g/mol. The zero-order valence-corrected chi connectivity index (χ0v) is 16.1. The number of carbonyl (C=O) groups excluding carboxylic acids is 2. The maximum Gasteiger partial charge on any atom is 0.267 e. The molecule has 1 aliphatic rings. The molecule has 0 bridgehead atoms. The maximum absolute atomic E-state index is 12.4. The van der Waals surface area contributed by atoms with Crippen molar-refractivity contribution in [2.24, 2.45) is 5.14 Å². The summed E-state index contributed by atoms with van der Waals surface area (Å²) in [4.78, 5) is 26.2. The smallest absolute Gasteiger partial charge is 0.267 e. The Kier molecular flexibility index (Phi) is 5.66. The van der Waals surface area contributed by atoms with Crippen LogP contribution in [-0.4, -0.2) is 32.9 Å². The first-order valence-electron chi connectivity index (χ1n) is 8.71. The number of nitrogens with zero attached hydrogens (tertiary/aromatic N) is 1. The molecule has 148 valence electrons. The van der Waals surface area contributed by atoms with E-state index >= 15 is 0 Å². The molecule has 3 rings (SSSR count). The summed E-state index contributed by atoms with van der Waals surface area (Å²) < 4.78 is 28.1. The van der Waals surface area contributed by atoms with E-state index < -0.39 is 16.1 Å². The molecule has 2 amide bonds. The molecule has 0 saturated heterocycles. The van der Waals surface area contributed by atoms with Crippen molar-refractivity contribution in [3.05, 3.63) is 54.1 Å². The summed E-state index contributed by atoms with van der Waals surface area (Å²) >= 11 is 0. The van der Waals surface area contributed by atoms with Gasteiger partial charge in [-0.2, -0.15) is 0 Å². The fourth-order valence-electron chi connectivity index (χ4n) is 2.89. The quantitative estimate of drug-likeness (QED) is 0.750. The molecule has 2 aromatic rings. The first-order valence-corrected chi connectivity index (χ1v) is 10.3. The van der Waals surface area contributed by atoms with Gasteiger partial charge in [-0.25, -0.2) is 13.6 Å². The van der Waals surface area contributed by atoms with Crippen molar-refractivity contribution in [2.45, 2.75) is 30.9 Å². The number of primary sulfonamides is 1. The van der Waals surface area contributed by atoms with Crippen molar-refractivity contribution in [1.29, 1.82) is 0 Å². The van der Waals surface area contributed by atoms with E-state index in [-0.39, 0.29) is 36.2 Å². The molecular weight excluding hydrogens is 382 g/mol. The second-order valence-electron chi connectivity index (χ2n) is 6.43. The van der Waals surface area contributed by atoms with E-state index in [0.717, 1.165) is 5.56 Å². The Morgan fingerprint density at radius 3 is 2.54 bits per heavy atom. The van der Waals surface area contributed by atoms with Crippen LogP contribution in [-0.2, 0) is 26.2 Å². The van der Waals surface area contributed by atoms with Crippen LogP contribution in [0.5, 0.6) is 5.75 Å². The molecule has 1 unspecified atom stereocenters. The fraction of sp³-hybridized carbons (Fsp3) is 0.263. The number of anilines is 1. The Balaban J connectivity index is 1.56. The number of rotatable bonds is 6. The van der Waals surface area contributed by atoms with E-state index in [2.05, 4.69) is 5.32 Å². The Morgan fingerprint density at radius 1 is 1.18 bits per heavy atom. The van der Waals surface area contributed by atoms with Crippen LogP contribution in [0, 0.1) is 0 Å². The third-order valence-electron chi connectivity index (χ3n) is 4.38. The van der Waals surface area contributed by atoms with Gasteiger partial charge in [-0.05, 0) is 36.8 Å². The van der Waals surface area contributed by atoms with Gasteiger partial charge in [0.05, 0.1) is 10.6 Å². The number of ether oxygens (including phenoxy) is 1. The number of amides is 2. The molecule has 0 radical (unpaired) electrons. The summed E-state index contributed by atoms with van der Waals surface area (Å²) in [5.41, 5.74) is 1.39. The van der Waals surface area contributed by atoms with Crippen LogP contribution in [0.4, 0.5) is 5.69 Å². The standard InChI is InChI=1S/C19H21N3O5S/c1-13-19(24)22(16-4-2-3-5-17(16)27-13)11-10-18(23)21-12-14-6-8-15(9-7-14)28(20,25)26/h2-9,13H,10-12H2,1H3,(H,21,23)(H2,20,25,26). The van der Waals surface area contributed by atoms with E-state index in [0.29, 0.717) is 11.4 Å². The molecular formula is C19H21N3O5S. The largest absolute Gasteiger partial charge is 0.479 e. The van der Waals surface area contributed by atoms with Gasteiger partial charge < -0.3 is 15.0 Å². The lowest BCUT2D eigenvalue weighted by atomic mass is 10.1. The predicted octanol–water partition coefficient (Wildman–Crippen LogP) is 1.15. The molecule has 1 atom stereocenters. The third kappa shape index (κ3) is 4.49. The first kappa shape index (κ1) is 19.8. The fourth-order valence-corrected chi connectivity index (χ4v) is 3.40. The molecule has 3 N–H and O–H groups in total. The van der Waals surface area contributed by atoms with Gasteiger partial charge in [0, 0.05) is 19.5 Å². The zero-order chi connectivity index (χ0) is 20.3. The van der Waals surface area contributed by atoms with Crippen molar-refractivity contribution >= 4 is 27.5 Å². The Morgan fingerprint density at radius 2 is 1.86 bits per heavy atom. The number of para-hydroxylation sites is 2. The third-order valence-corrected chi connectivity index (χ3v) is 5.31. The number of nitrogens with two attached hydrogens (primary N) is 1. The van der Waals surface area contributed by atoms with Gasteiger partial charge in [-0.3, -0.25) is 9.59 Å². The number of sulfonamides is 1. The molecule has 0 aliphatic carbocycles. The lowest BCUT2D eigenvalue weighted by Gasteiger charge is -2.32. The molecule has 0 aromatic heterocycles. The van der Waals surface area contributed by atoms with Crippen LogP contribution in [0.25, 0.3) is 0 Å². The van der Waals surface area contributed by atoms with E-state index in [4.69, 9.17) is 9.88 Å². The highest BCUT2D eigenvalue weighted by molar-refractivity contribution is 7.89. The van der Waals surface area contributed by atoms with Gasteiger partial charge in [-0.15, -0.1) is 0 Å². The monoisotopic (exact) mass is 403 g/mol. The number of carbonyl (C=O) groups is 2. The molecule has 28 heavy (non-hydrogen) atoms. The number of hydrogen-bond donors (Lipinski definition) is 2. The van der Waals surface area contributed by atoms with Gasteiger partial charge in [0.2, 0.25) is 15.9 Å². The summed E-state index contributed by atoms with van der Waals surface area (Å²) in [6.45, 7) is 2.16.